The molecule has 1 N–H and O–H groups in total. The molecule has 3 aliphatic carbocycles. The zero-order valence-corrected chi connectivity index (χ0v) is 23.5. The van der Waals surface area contributed by atoms with E-state index in [0.29, 0.717) is 40.7 Å². The minimum Gasteiger partial charge on any atom is -0.366 e. The molecule has 0 spiro atoms. The van der Waals surface area contributed by atoms with Crippen LogP contribution in [0.15, 0.2) is 23.2 Å². The van der Waals surface area contributed by atoms with Crippen molar-refractivity contribution in [1.82, 2.24) is 9.62 Å². The number of amidine groups is 1. The number of benzene rings is 1. The highest BCUT2D eigenvalue weighted by molar-refractivity contribution is 7.89. The van der Waals surface area contributed by atoms with Crippen molar-refractivity contribution in [1.29, 1.82) is 0 Å². The molecule has 5 rings (SSSR count). The molecule has 0 saturated heterocycles. The first-order valence-corrected chi connectivity index (χ1v) is 14.9. The number of carbonyl (C=O) groups excluding carboxylic acids is 1. The molecule has 0 radical (unpaired) electrons. The first-order chi connectivity index (χ1) is 17.5. The van der Waals surface area contributed by atoms with Gasteiger partial charge in [-0.15, -0.1) is 0 Å². The number of rotatable bonds is 12. The number of hydrogen-bond donors (Lipinski definition) is 1. The standard InChI is InChI=1S/C25H31Cl2F4N3O3S/c1-22(2)20(19(35)5-3-8-25(29,30)31)32-21(33-22)23-13-24(14-23,15-23)34(38(36,37)10-4-9-28)12-16-6-7-17(26)18(27)11-16/h6-7,11,20H,3-5,8-10,12-15H2,1-2H3,(H,32,33)/t20-,23?,24?/m0/s1. The largest absolute Gasteiger partial charge is 0.389 e. The third-order valence-electron chi connectivity index (χ3n) is 7.79. The summed E-state index contributed by atoms with van der Waals surface area (Å²) in [5.74, 6) is -0.0624. The maximum atomic E-state index is 13.3. The van der Waals surface area contributed by atoms with Gasteiger partial charge in [-0.25, -0.2) is 8.42 Å². The summed E-state index contributed by atoms with van der Waals surface area (Å²) in [4.78, 5) is 17.4. The molecular formula is C25H31Cl2F4N3O3S. The molecule has 1 aromatic rings. The van der Waals surface area contributed by atoms with E-state index in [1.165, 1.54) is 4.31 Å². The Morgan fingerprint density at radius 2 is 1.82 bits per heavy atom. The summed E-state index contributed by atoms with van der Waals surface area (Å²) in [5.41, 5.74) is -1.20. The molecule has 13 heteroatoms. The molecule has 2 bridgehead atoms. The fraction of sp³-hybridized carbons (Fsp3) is 0.680. The topological polar surface area (TPSA) is 78.8 Å². The number of alkyl halides is 4. The fourth-order valence-electron chi connectivity index (χ4n) is 6.00. The average molecular weight is 601 g/mol. The van der Waals surface area contributed by atoms with Gasteiger partial charge in [0.2, 0.25) is 10.0 Å². The Bertz CT molecular complexity index is 1220. The number of nitrogens with one attached hydrogen (secondary N) is 1. The molecule has 38 heavy (non-hydrogen) atoms. The van der Waals surface area contributed by atoms with Crippen LogP contribution in [-0.2, 0) is 21.4 Å². The smallest absolute Gasteiger partial charge is 0.366 e. The van der Waals surface area contributed by atoms with Gasteiger partial charge in [-0.1, -0.05) is 29.3 Å². The van der Waals surface area contributed by atoms with E-state index in [1.54, 1.807) is 32.0 Å². The number of carbonyl (C=O) groups is 1. The Morgan fingerprint density at radius 1 is 1.16 bits per heavy atom. The van der Waals surface area contributed by atoms with Crippen molar-refractivity contribution in [3.63, 3.8) is 0 Å². The summed E-state index contributed by atoms with van der Waals surface area (Å²) in [7, 11) is -3.80. The van der Waals surface area contributed by atoms with E-state index in [0.717, 1.165) is 0 Å². The first kappa shape index (κ1) is 29.6. The molecule has 3 fully saturated rings. The third-order valence-corrected chi connectivity index (χ3v) is 10.5. The Morgan fingerprint density at radius 3 is 2.39 bits per heavy atom. The van der Waals surface area contributed by atoms with Crippen LogP contribution < -0.4 is 5.32 Å². The minimum atomic E-state index is -4.31. The molecule has 1 aromatic carbocycles. The van der Waals surface area contributed by atoms with E-state index >= 15 is 0 Å². The van der Waals surface area contributed by atoms with E-state index in [9.17, 15) is 30.8 Å². The second kappa shape index (κ2) is 10.2. The van der Waals surface area contributed by atoms with Gasteiger partial charge in [-0.05, 0) is 63.6 Å². The maximum absolute atomic E-state index is 13.3. The van der Waals surface area contributed by atoms with Crippen molar-refractivity contribution in [2.45, 2.75) is 88.6 Å². The maximum Gasteiger partial charge on any atom is 0.389 e. The number of hydrogen-bond acceptors (Lipinski definition) is 5. The molecule has 0 unspecified atom stereocenters. The lowest BCUT2D eigenvalue weighted by Gasteiger charge is -2.73. The van der Waals surface area contributed by atoms with Crippen LogP contribution in [0.3, 0.4) is 0 Å². The van der Waals surface area contributed by atoms with Crippen molar-refractivity contribution in [3.05, 3.63) is 33.8 Å². The van der Waals surface area contributed by atoms with Gasteiger partial charge >= 0.3 is 6.18 Å². The average Bonchev–Trinajstić information content (AvgIpc) is 3.06. The lowest BCUT2D eigenvalue weighted by Crippen LogP contribution is -2.78. The Kier molecular flexibility index (Phi) is 7.93. The summed E-state index contributed by atoms with van der Waals surface area (Å²) in [5, 5.41) is 3.95. The number of aliphatic imine (C=N–C) groups is 1. The Labute approximate surface area is 230 Å². The summed E-state index contributed by atoms with van der Waals surface area (Å²) >= 11 is 12.1. The number of sulfonamides is 1. The fourth-order valence-corrected chi connectivity index (χ4v) is 8.15. The van der Waals surface area contributed by atoms with Crippen LogP contribution in [0.5, 0.6) is 0 Å². The number of nitrogens with zero attached hydrogens (tertiary/aromatic N) is 2. The van der Waals surface area contributed by atoms with Crippen LogP contribution in [0.2, 0.25) is 10.0 Å². The molecule has 0 aromatic heterocycles. The second-order valence-electron chi connectivity index (χ2n) is 11.3. The highest BCUT2D eigenvalue weighted by Crippen LogP contribution is 2.71. The summed E-state index contributed by atoms with van der Waals surface area (Å²) in [6.45, 7) is 2.89. The van der Waals surface area contributed by atoms with Crippen LogP contribution >= 0.6 is 23.2 Å². The van der Waals surface area contributed by atoms with Gasteiger partial charge in [0, 0.05) is 30.3 Å². The molecule has 1 aliphatic heterocycles. The molecule has 0 amide bonds. The Hall–Kier alpha value is -1.43. The lowest BCUT2D eigenvalue weighted by atomic mass is 9.38. The van der Waals surface area contributed by atoms with Crippen LogP contribution in [0.4, 0.5) is 17.6 Å². The van der Waals surface area contributed by atoms with Crippen molar-refractivity contribution in [2.24, 2.45) is 10.4 Å². The minimum absolute atomic E-state index is 0.0628. The van der Waals surface area contributed by atoms with Gasteiger partial charge in [0.15, 0.2) is 5.78 Å². The quantitative estimate of drug-likeness (QED) is 0.305. The van der Waals surface area contributed by atoms with Crippen LogP contribution in [0.1, 0.15) is 64.4 Å². The number of ketones is 1. The Balaban J connectivity index is 1.49. The molecule has 1 atom stereocenters. The first-order valence-electron chi connectivity index (χ1n) is 12.5. The molecule has 212 valence electrons. The number of Topliss-reactive ketones (excluding diaryl/α,β-unsaturated/α-hetero) is 1. The second-order valence-corrected chi connectivity index (χ2v) is 14.1. The number of halogens is 6. The highest BCUT2D eigenvalue weighted by Gasteiger charge is 2.75. The van der Waals surface area contributed by atoms with Crippen molar-refractivity contribution in [3.8, 4) is 0 Å². The molecule has 1 heterocycles. The van der Waals surface area contributed by atoms with Gasteiger partial charge in [0.1, 0.15) is 11.9 Å². The summed E-state index contributed by atoms with van der Waals surface area (Å²) in [6.07, 6.45) is -4.50. The molecule has 4 aliphatic rings. The predicted molar refractivity (Wildman–Crippen MR) is 139 cm³/mol. The van der Waals surface area contributed by atoms with Gasteiger partial charge < -0.3 is 5.32 Å². The monoisotopic (exact) mass is 599 g/mol. The van der Waals surface area contributed by atoms with Gasteiger partial charge in [0.25, 0.3) is 0 Å². The molecule has 3 saturated carbocycles. The zero-order chi connectivity index (χ0) is 28.1. The van der Waals surface area contributed by atoms with Gasteiger partial charge in [-0.3, -0.25) is 14.2 Å². The molecule has 6 nitrogen and oxygen atoms in total. The SMILES string of the molecule is CC1(C)NC(C23CC(N(Cc4ccc(Cl)c(Cl)c4)S(=O)(=O)CCCF)(C2)C3)=N[C@H]1C(=O)CCCC(F)(F)F. The van der Waals surface area contributed by atoms with E-state index in [-0.39, 0.29) is 37.3 Å². The van der Waals surface area contributed by atoms with E-state index in [2.05, 4.69) is 10.3 Å². The van der Waals surface area contributed by atoms with Crippen molar-refractivity contribution >= 4 is 44.8 Å². The summed E-state index contributed by atoms with van der Waals surface area (Å²) < 4.78 is 78.4. The van der Waals surface area contributed by atoms with Gasteiger partial charge in [-0.2, -0.15) is 17.5 Å². The normalized spacial score (nSPS) is 27.9. The lowest BCUT2D eigenvalue weighted by molar-refractivity contribution is -0.151. The molecular weight excluding hydrogens is 569 g/mol. The van der Waals surface area contributed by atoms with Crippen molar-refractivity contribution < 1.29 is 30.8 Å². The van der Waals surface area contributed by atoms with E-state index in [1.807, 2.05) is 0 Å². The van der Waals surface area contributed by atoms with Gasteiger partial charge in [0.05, 0.1) is 28.0 Å². The summed E-state index contributed by atoms with van der Waals surface area (Å²) in [6, 6.07) is 4.10. The van der Waals surface area contributed by atoms with Crippen molar-refractivity contribution in [2.75, 3.05) is 12.4 Å². The predicted octanol–water partition coefficient (Wildman–Crippen LogP) is 5.86. The van der Waals surface area contributed by atoms with Crippen LogP contribution in [-0.4, -0.2) is 60.1 Å². The van der Waals surface area contributed by atoms with E-state index in [4.69, 9.17) is 23.2 Å². The van der Waals surface area contributed by atoms with Crippen LogP contribution in [0, 0.1) is 5.41 Å². The highest BCUT2D eigenvalue weighted by atomic mass is 35.5. The van der Waals surface area contributed by atoms with E-state index < -0.39 is 51.8 Å². The van der Waals surface area contributed by atoms with Crippen LogP contribution in [0.25, 0.3) is 0 Å². The third kappa shape index (κ3) is 5.71. The zero-order valence-electron chi connectivity index (χ0n) is 21.2.